The van der Waals surface area contributed by atoms with Crippen molar-refractivity contribution >= 4 is 33.3 Å². The Morgan fingerprint density at radius 3 is 2.82 bits per heavy atom. The molecule has 1 amide bonds. The number of pyridine rings is 1. The van der Waals surface area contributed by atoms with Crippen molar-refractivity contribution in [3.05, 3.63) is 56.0 Å². The summed E-state index contributed by atoms with van der Waals surface area (Å²) < 4.78 is 15.9. The largest absolute Gasteiger partial charge is 0.352 e. The second kappa shape index (κ2) is 5.57. The molecule has 114 valence electrons. The van der Waals surface area contributed by atoms with Gasteiger partial charge in [0.05, 0.1) is 11.3 Å². The summed E-state index contributed by atoms with van der Waals surface area (Å²) in [5, 5.41) is 5.61. The Kier molecular flexibility index (Phi) is 3.74. The summed E-state index contributed by atoms with van der Waals surface area (Å²) in [7, 11) is 1.55. The van der Waals surface area contributed by atoms with Gasteiger partial charge < -0.3 is 10.6 Å². The van der Waals surface area contributed by atoms with Crippen LogP contribution in [0.5, 0.6) is 0 Å². The van der Waals surface area contributed by atoms with E-state index in [-0.39, 0.29) is 17.2 Å². The number of nitrogens with zero attached hydrogens (tertiary/aromatic N) is 1. The average Bonchev–Trinajstić information content (AvgIpc) is 2.46. The van der Waals surface area contributed by atoms with Crippen molar-refractivity contribution in [3.63, 3.8) is 0 Å². The minimum Gasteiger partial charge on any atom is -0.352 e. The molecule has 5 nitrogen and oxygen atoms in total. The number of carbonyl (C=O) groups excluding carboxylic acids is 1. The third kappa shape index (κ3) is 2.52. The Labute approximate surface area is 134 Å². The number of nitrogens with one attached hydrogen (secondary N) is 2. The SMILES string of the molecule is Cn1c(Nc2ccc(Br)cc2F)c2c(cc1=O)CCNC2=O. The predicted octanol–water partition coefficient (Wildman–Crippen LogP) is 2.32. The molecule has 0 saturated heterocycles. The average molecular weight is 366 g/mol. The number of aromatic nitrogens is 1. The molecule has 1 aliphatic heterocycles. The number of halogens is 2. The van der Waals surface area contributed by atoms with Crippen molar-refractivity contribution < 1.29 is 9.18 Å². The molecule has 1 aliphatic rings. The van der Waals surface area contributed by atoms with E-state index in [4.69, 9.17) is 0 Å². The van der Waals surface area contributed by atoms with Crippen LogP contribution in [-0.2, 0) is 13.5 Å². The van der Waals surface area contributed by atoms with E-state index in [1.807, 2.05) is 0 Å². The van der Waals surface area contributed by atoms with Gasteiger partial charge in [-0.15, -0.1) is 0 Å². The minimum absolute atomic E-state index is 0.199. The normalized spacial score (nSPS) is 13.5. The molecule has 0 radical (unpaired) electrons. The van der Waals surface area contributed by atoms with E-state index in [1.54, 1.807) is 19.2 Å². The van der Waals surface area contributed by atoms with Crippen molar-refractivity contribution in [2.24, 2.45) is 7.05 Å². The first-order chi connectivity index (χ1) is 10.5. The Hall–Kier alpha value is -2.15. The van der Waals surface area contributed by atoms with Gasteiger partial charge in [-0.2, -0.15) is 0 Å². The molecule has 3 rings (SSSR count). The van der Waals surface area contributed by atoms with E-state index < -0.39 is 5.82 Å². The Balaban J connectivity index is 2.15. The van der Waals surface area contributed by atoms with Gasteiger partial charge >= 0.3 is 0 Å². The zero-order chi connectivity index (χ0) is 15.9. The second-order valence-corrected chi connectivity index (χ2v) is 5.96. The summed E-state index contributed by atoms with van der Waals surface area (Å²) in [6.45, 7) is 0.491. The topological polar surface area (TPSA) is 63.1 Å². The molecule has 0 spiro atoms. The highest BCUT2D eigenvalue weighted by Gasteiger charge is 2.24. The summed E-state index contributed by atoms with van der Waals surface area (Å²) in [4.78, 5) is 24.2. The predicted molar refractivity (Wildman–Crippen MR) is 85.1 cm³/mol. The van der Waals surface area contributed by atoms with Gasteiger partial charge in [-0.05, 0) is 30.2 Å². The Morgan fingerprint density at radius 2 is 2.09 bits per heavy atom. The number of rotatable bonds is 2. The van der Waals surface area contributed by atoms with Gasteiger partial charge in [0, 0.05) is 24.1 Å². The van der Waals surface area contributed by atoms with E-state index in [0.29, 0.717) is 34.4 Å². The molecule has 0 bridgehead atoms. The molecule has 0 aliphatic carbocycles. The molecule has 1 aromatic carbocycles. The zero-order valence-corrected chi connectivity index (χ0v) is 13.3. The van der Waals surface area contributed by atoms with Gasteiger partial charge in [-0.25, -0.2) is 4.39 Å². The van der Waals surface area contributed by atoms with Crippen LogP contribution < -0.4 is 16.2 Å². The minimum atomic E-state index is -0.476. The smallest absolute Gasteiger partial charge is 0.255 e. The van der Waals surface area contributed by atoms with Crippen LogP contribution in [0.25, 0.3) is 0 Å². The number of benzene rings is 1. The highest BCUT2D eigenvalue weighted by molar-refractivity contribution is 9.10. The standard InChI is InChI=1S/C15H13BrFN3O2/c1-20-12(21)6-8-4-5-18-15(22)13(8)14(20)19-11-3-2-9(16)7-10(11)17/h2-3,6-7,19H,4-5H2,1H3,(H,18,22). The van der Waals surface area contributed by atoms with Crippen molar-refractivity contribution in [1.82, 2.24) is 9.88 Å². The van der Waals surface area contributed by atoms with Gasteiger partial charge in [-0.1, -0.05) is 15.9 Å². The van der Waals surface area contributed by atoms with Crippen LogP contribution in [0.2, 0.25) is 0 Å². The number of anilines is 2. The van der Waals surface area contributed by atoms with E-state index in [2.05, 4.69) is 26.6 Å². The molecule has 0 saturated carbocycles. The molecule has 0 unspecified atom stereocenters. The first kappa shape index (κ1) is 14.8. The maximum atomic E-state index is 14.0. The molecule has 7 heteroatoms. The van der Waals surface area contributed by atoms with E-state index in [9.17, 15) is 14.0 Å². The Bertz CT molecular complexity index is 832. The molecule has 0 fully saturated rings. The summed E-state index contributed by atoms with van der Waals surface area (Å²) >= 11 is 3.19. The van der Waals surface area contributed by atoms with Crippen molar-refractivity contribution in [2.75, 3.05) is 11.9 Å². The lowest BCUT2D eigenvalue weighted by Crippen LogP contribution is -2.36. The lowest BCUT2D eigenvalue weighted by molar-refractivity contribution is 0.0946. The highest BCUT2D eigenvalue weighted by Crippen LogP contribution is 2.27. The van der Waals surface area contributed by atoms with Crippen LogP contribution in [-0.4, -0.2) is 17.0 Å². The van der Waals surface area contributed by atoms with Gasteiger partial charge in [0.2, 0.25) is 0 Å². The van der Waals surface area contributed by atoms with E-state index in [1.165, 1.54) is 16.7 Å². The molecule has 1 aromatic heterocycles. The Morgan fingerprint density at radius 1 is 1.32 bits per heavy atom. The maximum Gasteiger partial charge on any atom is 0.255 e. The summed E-state index contributed by atoms with van der Waals surface area (Å²) in [5.74, 6) is -0.451. The number of hydrogen-bond donors (Lipinski definition) is 2. The van der Waals surface area contributed by atoms with Crippen molar-refractivity contribution in [3.8, 4) is 0 Å². The number of amides is 1. The van der Waals surface area contributed by atoms with Gasteiger partial charge in [0.1, 0.15) is 11.6 Å². The second-order valence-electron chi connectivity index (χ2n) is 5.05. The molecule has 2 aromatic rings. The monoisotopic (exact) mass is 365 g/mol. The van der Waals surface area contributed by atoms with Crippen LogP contribution >= 0.6 is 15.9 Å². The van der Waals surface area contributed by atoms with Crippen molar-refractivity contribution in [1.29, 1.82) is 0 Å². The molecular weight excluding hydrogens is 353 g/mol. The van der Waals surface area contributed by atoms with Gasteiger partial charge in [0.25, 0.3) is 11.5 Å². The number of hydrogen-bond acceptors (Lipinski definition) is 3. The first-order valence-corrected chi connectivity index (χ1v) is 7.50. The fourth-order valence-corrected chi connectivity index (χ4v) is 2.80. The van der Waals surface area contributed by atoms with Crippen LogP contribution in [0, 0.1) is 5.82 Å². The van der Waals surface area contributed by atoms with Crippen LogP contribution in [0.3, 0.4) is 0 Å². The third-order valence-corrected chi connectivity index (χ3v) is 4.11. The van der Waals surface area contributed by atoms with Gasteiger partial charge in [-0.3, -0.25) is 14.2 Å². The van der Waals surface area contributed by atoms with Gasteiger partial charge in [0.15, 0.2) is 0 Å². The maximum absolute atomic E-state index is 14.0. The van der Waals surface area contributed by atoms with Crippen LogP contribution in [0.1, 0.15) is 15.9 Å². The highest BCUT2D eigenvalue weighted by atomic mass is 79.9. The van der Waals surface area contributed by atoms with E-state index in [0.717, 1.165) is 0 Å². The van der Waals surface area contributed by atoms with E-state index >= 15 is 0 Å². The molecule has 2 N–H and O–H groups in total. The van der Waals surface area contributed by atoms with Crippen molar-refractivity contribution in [2.45, 2.75) is 6.42 Å². The molecule has 22 heavy (non-hydrogen) atoms. The fraction of sp³-hybridized carbons (Fsp3) is 0.200. The summed E-state index contributed by atoms with van der Waals surface area (Å²) in [5.41, 5.74) is 1.01. The van der Waals surface area contributed by atoms with Crippen LogP contribution in [0.15, 0.2) is 33.5 Å². The molecule has 0 atom stereocenters. The number of fused-ring (bicyclic) bond motifs is 1. The number of carbonyl (C=O) groups is 1. The fourth-order valence-electron chi connectivity index (χ4n) is 2.46. The lowest BCUT2D eigenvalue weighted by Gasteiger charge is -2.22. The lowest BCUT2D eigenvalue weighted by atomic mass is 10.0. The summed E-state index contributed by atoms with van der Waals surface area (Å²) in [6, 6.07) is 6.00. The third-order valence-electron chi connectivity index (χ3n) is 3.61. The quantitative estimate of drug-likeness (QED) is 0.858. The molecule has 2 heterocycles. The zero-order valence-electron chi connectivity index (χ0n) is 11.7. The summed E-state index contributed by atoms with van der Waals surface area (Å²) in [6.07, 6.45) is 0.578. The van der Waals surface area contributed by atoms with Crippen LogP contribution in [0.4, 0.5) is 15.9 Å². The first-order valence-electron chi connectivity index (χ1n) is 6.70. The molecular formula is C15H13BrFN3O2.